The summed E-state index contributed by atoms with van der Waals surface area (Å²) in [5.74, 6) is 0.104. The van der Waals surface area contributed by atoms with Gasteiger partial charge in [-0.05, 0) is 24.6 Å². The van der Waals surface area contributed by atoms with Crippen LogP contribution < -0.4 is 0 Å². The SMILES string of the molecule is C=C/C=C(\C=C/C)C1CC(=O)N1/C(C=C)=C/C=C. The normalized spacial score (nSPS) is 20.8. The van der Waals surface area contributed by atoms with Crippen LogP contribution in [-0.2, 0) is 4.79 Å². The third-order valence-electron chi connectivity index (χ3n) is 2.78. The maximum Gasteiger partial charge on any atom is 0.230 e. The molecule has 0 N–H and O–H groups in total. The van der Waals surface area contributed by atoms with Crippen molar-refractivity contribution in [3.05, 3.63) is 73.5 Å². The molecule has 1 amide bonds. The summed E-state index contributed by atoms with van der Waals surface area (Å²) in [6.45, 7) is 13.0. The second-order valence-electron chi connectivity index (χ2n) is 3.92. The molecule has 1 aliphatic heterocycles. The smallest absolute Gasteiger partial charge is 0.230 e. The topological polar surface area (TPSA) is 20.3 Å². The molecular formula is C16H19NO. The summed E-state index contributed by atoms with van der Waals surface area (Å²) in [5, 5.41) is 0. The molecule has 0 bridgehead atoms. The van der Waals surface area contributed by atoms with Crippen LogP contribution in [0, 0.1) is 0 Å². The van der Waals surface area contributed by atoms with Gasteiger partial charge in [-0.3, -0.25) is 4.79 Å². The van der Waals surface area contributed by atoms with Crippen molar-refractivity contribution in [1.29, 1.82) is 0 Å². The number of nitrogens with zero attached hydrogens (tertiary/aromatic N) is 1. The lowest BCUT2D eigenvalue weighted by atomic mass is 9.92. The first-order valence-electron chi connectivity index (χ1n) is 5.92. The first kappa shape index (κ1) is 14.0. The fraction of sp³-hybridized carbons (Fsp3) is 0.188. The fourth-order valence-electron chi connectivity index (χ4n) is 1.98. The van der Waals surface area contributed by atoms with E-state index in [1.807, 2.05) is 25.2 Å². The molecule has 1 fully saturated rings. The Morgan fingerprint density at radius 1 is 1.28 bits per heavy atom. The molecule has 1 heterocycles. The van der Waals surface area contributed by atoms with Gasteiger partial charge in [0, 0.05) is 5.70 Å². The molecule has 1 rings (SSSR count). The molecule has 0 aromatic carbocycles. The van der Waals surface area contributed by atoms with E-state index in [0.29, 0.717) is 6.42 Å². The molecule has 0 aromatic rings. The maximum atomic E-state index is 11.8. The average molecular weight is 241 g/mol. The first-order valence-corrected chi connectivity index (χ1v) is 5.92. The van der Waals surface area contributed by atoms with Crippen molar-refractivity contribution in [2.24, 2.45) is 0 Å². The quantitative estimate of drug-likeness (QED) is 0.514. The molecular weight excluding hydrogens is 222 g/mol. The van der Waals surface area contributed by atoms with Crippen LogP contribution in [-0.4, -0.2) is 16.8 Å². The van der Waals surface area contributed by atoms with Gasteiger partial charge < -0.3 is 4.90 Å². The average Bonchev–Trinajstić information content (AvgIpc) is 2.35. The van der Waals surface area contributed by atoms with Gasteiger partial charge in [0.2, 0.25) is 5.91 Å². The van der Waals surface area contributed by atoms with Gasteiger partial charge in [0.25, 0.3) is 0 Å². The van der Waals surface area contributed by atoms with Gasteiger partial charge in [-0.15, -0.1) is 0 Å². The predicted molar refractivity (Wildman–Crippen MR) is 76.8 cm³/mol. The standard InChI is InChI=1S/C16H19NO/c1-5-9-13(10-6-2)15-12-16(18)17(15)14(8-4)11-7-3/h5-11,15H,1,3-4,12H2,2H3/b10-6-,13-9+,14-11+. The van der Waals surface area contributed by atoms with Gasteiger partial charge in [0.1, 0.15) is 0 Å². The highest BCUT2D eigenvalue weighted by Gasteiger charge is 2.38. The van der Waals surface area contributed by atoms with Crippen molar-refractivity contribution in [2.45, 2.75) is 19.4 Å². The van der Waals surface area contributed by atoms with Gasteiger partial charge in [0.05, 0.1) is 12.5 Å². The highest BCUT2D eigenvalue weighted by Crippen LogP contribution is 2.31. The van der Waals surface area contributed by atoms with E-state index < -0.39 is 0 Å². The monoisotopic (exact) mass is 241 g/mol. The highest BCUT2D eigenvalue weighted by molar-refractivity contribution is 5.87. The van der Waals surface area contributed by atoms with E-state index in [1.54, 1.807) is 29.2 Å². The van der Waals surface area contributed by atoms with Crippen molar-refractivity contribution in [2.75, 3.05) is 0 Å². The Kier molecular flexibility index (Phi) is 5.12. The summed E-state index contributed by atoms with van der Waals surface area (Å²) in [6, 6.07) is 0.0656. The van der Waals surface area contributed by atoms with Crippen LogP contribution in [0.3, 0.4) is 0 Å². The second-order valence-corrected chi connectivity index (χ2v) is 3.92. The molecule has 0 spiro atoms. The van der Waals surface area contributed by atoms with Crippen molar-refractivity contribution in [3.63, 3.8) is 0 Å². The molecule has 94 valence electrons. The minimum Gasteiger partial charge on any atom is -0.304 e. The number of hydrogen-bond acceptors (Lipinski definition) is 1. The van der Waals surface area contributed by atoms with E-state index in [2.05, 4.69) is 19.7 Å². The minimum atomic E-state index is 0.0656. The van der Waals surface area contributed by atoms with Gasteiger partial charge in [-0.25, -0.2) is 0 Å². The van der Waals surface area contributed by atoms with Crippen LogP contribution in [0.1, 0.15) is 13.3 Å². The Labute approximate surface area is 109 Å². The summed E-state index contributed by atoms with van der Waals surface area (Å²) in [4.78, 5) is 13.5. The number of rotatable bonds is 6. The molecule has 2 heteroatoms. The summed E-state index contributed by atoms with van der Waals surface area (Å²) >= 11 is 0. The van der Waals surface area contributed by atoms with Crippen LogP contribution in [0.15, 0.2) is 73.5 Å². The third-order valence-corrected chi connectivity index (χ3v) is 2.78. The summed E-state index contributed by atoms with van der Waals surface area (Å²) in [5.41, 5.74) is 1.86. The Hall–Kier alpha value is -2.09. The Bertz CT molecular complexity index is 452. The highest BCUT2D eigenvalue weighted by atomic mass is 16.2. The number of carbonyl (C=O) groups is 1. The van der Waals surface area contributed by atoms with Crippen molar-refractivity contribution >= 4 is 5.91 Å². The summed E-state index contributed by atoms with van der Waals surface area (Å²) < 4.78 is 0. The number of allylic oxidation sites excluding steroid dienone is 6. The van der Waals surface area contributed by atoms with E-state index in [4.69, 9.17) is 0 Å². The molecule has 0 radical (unpaired) electrons. The third kappa shape index (κ3) is 2.77. The van der Waals surface area contributed by atoms with Crippen LogP contribution in [0.25, 0.3) is 0 Å². The molecule has 0 aliphatic carbocycles. The minimum absolute atomic E-state index is 0.0656. The van der Waals surface area contributed by atoms with E-state index in [-0.39, 0.29) is 11.9 Å². The molecule has 1 aliphatic rings. The lowest BCUT2D eigenvalue weighted by molar-refractivity contribution is -0.140. The number of amides is 1. The zero-order chi connectivity index (χ0) is 13.5. The molecule has 1 saturated heterocycles. The van der Waals surface area contributed by atoms with E-state index in [9.17, 15) is 4.79 Å². The molecule has 1 unspecified atom stereocenters. The van der Waals surface area contributed by atoms with Crippen molar-refractivity contribution < 1.29 is 4.79 Å². The fourth-order valence-corrected chi connectivity index (χ4v) is 1.98. The van der Waals surface area contributed by atoms with Crippen LogP contribution >= 0.6 is 0 Å². The van der Waals surface area contributed by atoms with Crippen LogP contribution in [0.2, 0.25) is 0 Å². The van der Waals surface area contributed by atoms with Gasteiger partial charge in [-0.1, -0.05) is 50.1 Å². The van der Waals surface area contributed by atoms with E-state index in [0.717, 1.165) is 11.3 Å². The largest absolute Gasteiger partial charge is 0.304 e. The van der Waals surface area contributed by atoms with Crippen molar-refractivity contribution in [1.82, 2.24) is 4.90 Å². The van der Waals surface area contributed by atoms with Crippen molar-refractivity contribution in [3.8, 4) is 0 Å². The number of likely N-dealkylation sites (tertiary alicyclic amines) is 1. The molecule has 0 aromatic heterocycles. The van der Waals surface area contributed by atoms with Gasteiger partial charge in [0.15, 0.2) is 0 Å². The maximum absolute atomic E-state index is 11.8. The lowest BCUT2D eigenvalue weighted by Gasteiger charge is -2.41. The molecule has 1 atom stereocenters. The number of hydrogen-bond donors (Lipinski definition) is 0. The number of β-lactam (4-membered cyclic amide) rings is 1. The molecule has 2 nitrogen and oxygen atoms in total. The van der Waals surface area contributed by atoms with E-state index >= 15 is 0 Å². The van der Waals surface area contributed by atoms with Crippen LogP contribution in [0.4, 0.5) is 0 Å². The van der Waals surface area contributed by atoms with E-state index in [1.165, 1.54) is 0 Å². The lowest BCUT2D eigenvalue weighted by Crippen LogP contribution is -2.52. The predicted octanol–water partition coefficient (Wildman–Crippen LogP) is 3.53. The van der Waals surface area contributed by atoms with Crippen LogP contribution in [0.5, 0.6) is 0 Å². The Balaban J connectivity index is 3.04. The summed E-state index contributed by atoms with van der Waals surface area (Å²) in [6.07, 6.45) is 13.3. The zero-order valence-electron chi connectivity index (χ0n) is 10.8. The number of carbonyl (C=O) groups excluding carboxylic acids is 1. The van der Waals surface area contributed by atoms with Gasteiger partial charge in [-0.2, -0.15) is 0 Å². The van der Waals surface area contributed by atoms with Gasteiger partial charge >= 0.3 is 0 Å². The first-order chi connectivity index (χ1) is 8.69. The zero-order valence-corrected chi connectivity index (χ0v) is 10.8. The summed E-state index contributed by atoms with van der Waals surface area (Å²) in [7, 11) is 0. The molecule has 18 heavy (non-hydrogen) atoms. The second kappa shape index (κ2) is 6.60. The Morgan fingerprint density at radius 3 is 2.39 bits per heavy atom. The Morgan fingerprint density at radius 2 is 1.94 bits per heavy atom. The molecule has 0 saturated carbocycles.